The van der Waals surface area contributed by atoms with Crippen molar-refractivity contribution in [1.82, 2.24) is 9.55 Å². The van der Waals surface area contributed by atoms with Crippen LogP contribution in [-0.4, -0.2) is 36.4 Å². The lowest BCUT2D eigenvalue weighted by molar-refractivity contribution is 0.310. The van der Waals surface area contributed by atoms with Crippen LogP contribution < -0.4 is 31.4 Å². The average molecular weight is 419 g/mol. The van der Waals surface area contributed by atoms with E-state index in [1.807, 2.05) is 36.1 Å². The molecule has 0 saturated carbocycles. The van der Waals surface area contributed by atoms with Crippen molar-refractivity contribution in [2.45, 2.75) is 46.6 Å². The molecular weight excluding hydrogens is 384 g/mol. The van der Waals surface area contributed by atoms with Crippen molar-refractivity contribution in [3.63, 3.8) is 0 Å². The van der Waals surface area contributed by atoms with Crippen molar-refractivity contribution in [1.29, 1.82) is 0 Å². The molecule has 1 heterocycles. The normalized spacial score (nSPS) is 11.0. The predicted octanol–water partition coefficient (Wildman–Crippen LogP) is 2.86. The summed E-state index contributed by atoms with van der Waals surface area (Å²) >= 11 is 0. The molecule has 0 aliphatic heterocycles. The fraction of sp³-hybridized carbons (Fsp3) is 0.545. The summed E-state index contributed by atoms with van der Waals surface area (Å²) in [5.74, 6) is 2.09. The van der Waals surface area contributed by atoms with E-state index in [0.717, 1.165) is 24.3 Å². The second-order valence-corrected chi connectivity index (χ2v) is 7.72. The Kier molecular flexibility index (Phi) is 8.83. The molecular formula is C22H34N4O4. The maximum atomic E-state index is 12.6. The lowest BCUT2D eigenvalue weighted by Gasteiger charge is -2.28. The van der Waals surface area contributed by atoms with Crippen LogP contribution in [0.1, 0.15) is 40.0 Å². The number of anilines is 2. The number of aromatic amines is 1. The Morgan fingerprint density at radius 1 is 1.13 bits per heavy atom. The number of rotatable bonds is 12. The Bertz CT molecular complexity index is 903. The maximum Gasteiger partial charge on any atom is 0.330 e. The number of H-pyrrole nitrogens is 1. The lowest BCUT2D eigenvalue weighted by Crippen LogP contribution is -2.40. The molecule has 0 unspecified atom stereocenters. The van der Waals surface area contributed by atoms with Crippen molar-refractivity contribution >= 4 is 11.5 Å². The minimum Gasteiger partial charge on any atom is -0.497 e. The summed E-state index contributed by atoms with van der Waals surface area (Å²) in [7, 11) is 1.62. The van der Waals surface area contributed by atoms with Gasteiger partial charge in [-0.3, -0.25) is 14.3 Å². The molecule has 30 heavy (non-hydrogen) atoms. The van der Waals surface area contributed by atoms with E-state index < -0.39 is 11.2 Å². The number of nitrogens with one attached hydrogen (secondary N) is 1. The van der Waals surface area contributed by atoms with E-state index in [1.54, 1.807) is 7.11 Å². The summed E-state index contributed by atoms with van der Waals surface area (Å²) in [4.78, 5) is 29.2. The summed E-state index contributed by atoms with van der Waals surface area (Å²) in [6.45, 7) is 8.43. The van der Waals surface area contributed by atoms with E-state index >= 15 is 0 Å². The highest BCUT2D eigenvalue weighted by molar-refractivity contribution is 5.62. The van der Waals surface area contributed by atoms with Crippen molar-refractivity contribution in [3.05, 3.63) is 45.1 Å². The van der Waals surface area contributed by atoms with Gasteiger partial charge in [0, 0.05) is 19.6 Å². The first kappa shape index (κ1) is 23.4. The monoisotopic (exact) mass is 418 g/mol. The van der Waals surface area contributed by atoms with E-state index in [4.69, 9.17) is 15.2 Å². The van der Waals surface area contributed by atoms with E-state index in [0.29, 0.717) is 44.3 Å². The van der Waals surface area contributed by atoms with Crippen molar-refractivity contribution < 1.29 is 9.47 Å². The van der Waals surface area contributed by atoms with Crippen LogP contribution in [0, 0.1) is 5.92 Å². The minimum atomic E-state index is -0.456. The zero-order valence-corrected chi connectivity index (χ0v) is 18.4. The topological polar surface area (TPSA) is 103 Å². The van der Waals surface area contributed by atoms with Gasteiger partial charge < -0.3 is 20.1 Å². The van der Waals surface area contributed by atoms with Crippen LogP contribution in [0.2, 0.25) is 0 Å². The smallest absolute Gasteiger partial charge is 0.330 e. The van der Waals surface area contributed by atoms with Gasteiger partial charge in [-0.2, -0.15) is 0 Å². The molecule has 0 spiro atoms. The zero-order valence-electron chi connectivity index (χ0n) is 18.4. The SMILES string of the molecule is CCCCn1c(N)c(N(CCCOc2ccc(OC)cc2)CC(C)C)c(=O)[nH]c1=O. The van der Waals surface area contributed by atoms with Crippen LogP contribution in [0.3, 0.4) is 0 Å². The van der Waals surface area contributed by atoms with Gasteiger partial charge in [0.25, 0.3) is 5.56 Å². The quantitative estimate of drug-likeness (QED) is 0.514. The summed E-state index contributed by atoms with van der Waals surface area (Å²) in [6.07, 6.45) is 2.44. The van der Waals surface area contributed by atoms with Crippen LogP contribution in [-0.2, 0) is 6.54 Å². The highest BCUT2D eigenvalue weighted by Gasteiger charge is 2.19. The molecule has 0 saturated heterocycles. The molecule has 0 amide bonds. The van der Waals surface area contributed by atoms with Crippen LogP contribution in [0.15, 0.2) is 33.9 Å². The number of unbranched alkanes of at least 4 members (excludes halogenated alkanes) is 1. The molecule has 0 atom stereocenters. The van der Waals surface area contributed by atoms with Gasteiger partial charge in [-0.15, -0.1) is 0 Å². The van der Waals surface area contributed by atoms with Crippen molar-refractivity contribution in [2.75, 3.05) is 37.4 Å². The molecule has 2 aromatic rings. The minimum absolute atomic E-state index is 0.230. The fourth-order valence-corrected chi connectivity index (χ4v) is 3.27. The molecule has 166 valence electrons. The first-order chi connectivity index (χ1) is 14.4. The molecule has 8 heteroatoms. The Balaban J connectivity index is 2.13. The number of nitrogen functional groups attached to an aromatic ring is 1. The highest BCUT2D eigenvalue weighted by Crippen LogP contribution is 2.20. The fourth-order valence-electron chi connectivity index (χ4n) is 3.27. The van der Waals surface area contributed by atoms with Gasteiger partial charge in [-0.25, -0.2) is 4.79 Å². The molecule has 2 rings (SSSR count). The molecule has 3 N–H and O–H groups in total. The standard InChI is InChI=1S/C22H34N4O4/c1-5-6-13-26-20(23)19(21(27)24-22(26)28)25(15-16(2)3)12-7-14-30-18-10-8-17(29-4)9-11-18/h8-11,16H,5-7,12-15,23H2,1-4H3,(H,24,27,28). The number of benzene rings is 1. The van der Waals surface area contributed by atoms with Gasteiger partial charge in [-0.1, -0.05) is 27.2 Å². The number of nitrogens with zero attached hydrogens (tertiary/aromatic N) is 2. The van der Waals surface area contributed by atoms with Crippen LogP contribution in [0.4, 0.5) is 11.5 Å². The van der Waals surface area contributed by atoms with E-state index in [2.05, 4.69) is 18.8 Å². The van der Waals surface area contributed by atoms with Crippen molar-refractivity contribution in [3.8, 4) is 11.5 Å². The first-order valence-corrected chi connectivity index (χ1v) is 10.5. The molecule has 1 aromatic heterocycles. The summed E-state index contributed by atoms with van der Waals surface area (Å²) in [5, 5.41) is 0. The Morgan fingerprint density at radius 2 is 1.80 bits per heavy atom. The van der Waals surface area contributed by atoms with Crippen LogP contribution in [0.25, 0.3) is 0 Å². The molecule has 0 aliphatic rings. The molecule has 0 radical (unpaired) electrons. The summed E-state index contributed by atoms with van der Waals surface area (Å²) in [5.41, 5.74) is 5.75. The largest absolute Gasteiger partial charge is 0.497 e. The zero-order chi connectivity index (χ0) is 22.1. The second kappa shape index (κ2) is 11.3. The molecule has 0 bridgehead atoms. The number of aromatic nitrogens is 2. The Morgan fingerprint density at radius 3 is 2.40 bits per heavy atom. The number of hydrogen-bond donors (Lipinski definition) is 2. The van der Waals surface area contributed by atoms with Crippen LogP contribution >= 0.6 is 0 Å². The summed E-state index contributed by atoms with van der Waals surface area (Å²) < 4.78 is 12.4. The molecule has 0 aliphatic carbocycles. The lowest BCUT2D eigenvalue weighted by atomic mass is 10.2. The number of nitrogens with two attached hydrogens (primary N) is 1. The van der Waals surface area contributed by atoms with Crippen molar-refractivity contribution in [2.24, 2.45) is 5.92 Å². The molecule has 1 aromatic carbocycles. The Labute approximate surface area is 177 Å². The Hall–Kier alpha value is -2.90. The average Bonchev–Trinajstić information content (AvgIpc) is 2.70. The number of ether oxygens (including phenoxy) is 2. The predicted molar refractivity (Wildman–Crippen MR) is 121 cm³/mol. The van der Waals surface area contributed by atoms with Gasteiger partial charge in [0.05, 0.1) is 13.7 Å². The van der Waals surface area contributed by atoms with E-state index in [-0.39, 0.29) is 5.82 Å². The second-order valence-electron chi connectivity index (χ2n) is 7.72. The third kappa shape index (κ3) is 6.30. The van der Waals surface area contributed by atoms with E-state index in [9.17, 15) is 9.59 Å². The van der Waals surface area contributed by atoms with Gasteiger partial charge in [0.1, 0.15) is 23.0 Å². The third-order valence-electron chi connectivity index (χ3n) is 4.75. The first-order valence-electron chi connectivity index (χ1n) is 10.5. The van der Waals surface area contributed by atoms with Gasteiger partial charge in [-0.05, 0) is 43.0 Å². The summed E-state index contributed by atoms with van der Waals surface area (Å²) in [6, 6.07) is 7.41. The van der Waals surface area contributed by atoms with Gasteiger partial charge >= 0.3 is 5.69 Å². The van der Waals surface area contributed by atoms with Gasteiger partial charge in [0.15, 0.2) is 0 Å². The van der Waals surface area contributed by atoms with Crippen LogP contribution in [0.5, 0.6) is 11.5 Å². The molecule has 0 fully saturated rings. The van der Waals surface area contributed by atoms with E-state index in [1.165, 1.54) is 4.57 Å². The number of methoxy groups -OCH3 is 1. The van der Waals surface area contributed by atoms with Gasteiger partial charge in [0.2, 0.25) is 0 Å². The third-order valence-corrected chi connectivity index (χ3v) is 4.75. The maximum absolute atomic E-state index is 12.6. The number of hydrogen-bond acceptors (Lipinski definition) is 6. The highest BCUT2D eigenvalue weighted by atomic mass is 16.5. The molecule has 8 nitrogen and oxygen atoms in total.